The Bertz CT molecular complexity index is 335. The number of hydrogen-bond acceptors (Lipinski definition) is 2. The fourth-order valence-corrected chi connectivity index (χ4v) is 2.16. The minimum Gasteiger partial charge on any atom is -0.495 e. The minimum atomic E-state index is 0.649. The molecule has 76 valence electrons. The standard InChI is InChI=1S/C12H17NO/c1-9-7-8-13(2)12-10(9)5-4-6-11(12)14-3/h4-6,9H,7-8H2,1-3H3. The number of para-hydroxylation sites is 1. The van der Waals surface area contributed by atoms with Gasteiger partial charge in [0.2, 0.25) is 0 Å². The Morgan fingerprint density at radius 1 is 1.43 bits per heavy atom. The van der Waals surface area contributed by atoms with Gasteiger partial charge in [-0.15, -0.1) is 0 Å². The molecular formula is C12H17NO. The molecule has 1 aliphatic rings. The zero-order valence-corrected chi connectivity index (χ0v) is 9.08. The van der Waals surface area contributed by atoms with Crippen LogP contribution in [0.4, 0.5) is 5.69 Å². The first-order chi connectivity index (χ1) is 6.74. The van der Waals surface area contributed by atoms with Crippen LogP contribution < -0.4 is 9.64 Å². The molecule has 0 amide bonds. The van der Waals surface area contributed by atoms with Crippen LogP contribution in [0.1, 0.15) is 24.8 Å². The van der Waals surface area contributed by atoms with Crippen LogP contribution in [-0.2, 0) is 0 Å². The Labute approximate surface area is 85.5 Å². The second kappa shape index (κ2) is 3.52. The van der Waals surface area contributed by atoms with E-state index in [-0.39, 0.29) is 0 Å². The van der Waals surface area contributed by atoms with Crippen LogP contribution in [0.15, 0.2) is 18.2 Å². The number of hydrogen-bond donors (Lipinski definition) is 0. The molecular weight excluding hydrogens is 174 g/mol. The van der Waals surface area contributed by atoms with E-state index in [2.05, 4.69) is 31.0 Å². The molecule has 0 fully saturated rings. The highest BCUT2D eigenvalue weighted by molar-refractivity contribution is 5.65. The summed E-state index contributed by atoms with van der Waals surface area (Å²) in [5.74, 6) is 1.65. The van der Waals surface area contributed by atoms with E-state index in [0.717, 1.165) is 12.3 Å². The molecule has 1 aromatic rings. The molecule has 0 saturated heterocycles. The first kappa shape index (κ1) is 9.38. The van der Waals surface area contributed by atoms with E-state index in [1.807, 2.05) is 6.07 Å². The van der Waals surface area contributed by atoms with Gasteiger partial charge < -0.3 is 9.64 Å². The van der Waals surface area contributed by atoms with Crippen LogP contribution in [0.5, 0.6) is 5.75 Å². The molecule has 2 rings (SSSR count). The number of ether oxygens (including phenoxy) is 1. The second-order valence-electron chi connectivity index (χ2n) is 4.01. The van der Waals surface area contributed by atoms with Crippen molar-refractivity contribution >= 4 is 5.69 Å². The van der Waals surface area contributed by atoms with Crippen molar-refractivity contribution in [3.8, 4) is 5.75 Å². The summed E-state index contributed by atoms with van der Waals surface area (Å²) in [5, 5.41) is 0. The Morgan fingerprint density at radius 2 is 2.21 bits per heavy atom. The summed E-state index contributed by atoms with van der Waals surface area (Å²) < 4.78 is 5.39. The average Bonchev–Trinajstić information content (AvgIpc) is 2.23. The Kier molecular flexibility index (Phi) is 2.36. The summed E-state index contributed by atoms with van der Waals surface area (Å²) in [6.07, 6.45) is 1.23. The van der Waals surface area contributed by atoms with Crippen LogP contribution in [0.25, 0.3) is 0 Å². The lowest BCUT2D eigenvalue weighted by molar-refractivity contribution is 0.412. The van der Waals surface area contributed by atoms with Gasteiger partial charge in [0.1, 0.15) is 5.75 Å². The van der Waals surface area contributed by atoms with Crippen molar-refractivity contribution in [3.63, 3.8) is 0 Å². The summed E-state index contributed by atoms with van der Waals surface area (Å²) in [6.45, 7) is 3.40. The van der Waals surface area contributed by atoms with Crippen LogP contribution in [0.3, 0.4) is 0 Å². The highest BCUT2D eigenvalue weighted by Gasteiger charge is 2.22. The average molecular weight is 191 g/mol. The largest absolute Gasteiger partial charge is 0.495 e. The molecule has 1 aliphatic heterocycles. The third-order valence-corrected chi connectivity index (χ3v) is 3.06. The first-order valence-electron chi connectivity index (χ1n) is 5.12. The van der Waals surface area contributed by atoms with Gasteiger partial charge in [-0.2, -0.15) is 0 Å². The number of benzene rings is 1. The summed E-state index contributed by atoms with van der Waals surface area (Å²) >= 11 is 0. The van der Waals surface area contributed by atoms with E-state index < -0.39 is 0 Å². The lowest BCUT2D eigenvalue weighted by atomic mass is 9.91. The van der Waals surface area contributed by atoms with Crippen molar-refractivity contribution < 1.29 is 4.74 Å². The first-order valence-corrected chi connectivity index (χ1v) is 5.12. The molecule has 0 N–H and O–H groups in total. The molecule has 0 radical (unpaired) electrons. The molecule has 0 spiro atoms. The summed E-state index contributed by atoms with van der Waals surface area (Å²) in [7, 11) is 3.87. The van der Waals surface area contributed by atoms with Crippen LogP contribution in [0.2, 0.25) is 0 Å². The van der Waals surface area contributed by atoms with E-state index >= 15 is 0 Å². The number of rotatable bonds is 1. The predicted octanol–water partition coefficient (Wildman–Crippen LogP) is 2.64. The lowest BCUT2D eigenvalue weighted by Crippen LogP contribution is -2.26. The smallest absolute Gasteiger partial charge is 0.142 e. The molecule has 1 atom stereocenters. The molecule has 0 saturated carbocycles. The molecule has 1 heterocycles. The minimum absolute atomic E-state index is 0.649. The maximum Gasteiger partial charge on any atom is 0.142 e. The molecule has 2 nitrogen and oxygen atoms in total. The number of fused-ring (bicyclic) bond motifs is 1. The van der Waals surface area contributed by atoms with Gasteiger partial charge in [0, 0.05) is 13.6 Å². The predicted molar refractivity (Wildman–Crippen MR) is 59.3 cm³/mol. The third-order valence-electron chi connectivity index (χ3n) is 3.06. The maximum atomic E-state index is 5.39. The van der Waals surface area contributed by atoms with Gasteiger partial charge in [0.05, 0.1) is 12.8 Å². The second-order valence-corrected chi connectivity index (χ2v) is 4.01. The van der Waals surface area contributed by atoms with Crippen molar-refractivity contribution in [2.75, 3.05) is 25.6 Å². The molecule has 2 heteroatoms. The number of nitrogens with zero attached hydrogens (tertiary/aromatic N) is 1. The Morgan fingerprint density at radius 3 is 2.93 bits per heavy atom. The highest BCUT2D eigenvalue weighted by Crippen LogP contribution is 2.40. The van der Waals surface area contributed by atoms with Gasteiger partial charge in [0.15, 0.2) is 0 Å². The van der Waals surface area contributed by atoms with Gasteiger partial charge in [-0.05, 0) is 24.0 Å². The van der Waals surface area contributed by atoms with Crippen LogP contribution >= 0.6 is 0 Å². The van der Waals surface area contributed by atoms with Crippen molar-refractivity contribution in [3.05, 3.63) is 23.8 Å². The fourth-order valence-electron chi connectivity index (χ4n) is 2.16. The molecule has 1 unspecified atom stereocenters. The number of methoxy groups -OCH3 is 1. The van der Waals surface area contributed by atoms with E-state index in [0.29, 0.717) is 5.92 Å². The van der Waals surface area contributed by atoms with Crippen molar-refractivity contribution in [1.29, 1.82) is 0 Å². The zero-order chi connectivity index (χ0) is 10.1. The van der Waals surface area contributed by atoms with Crippen LogP contribution in [-0.4, -0.2) is 20.7 Å². The van der Waals surface area contributed by atoms with Crippen molar-refractivity contribution in [2.24, 2.45) is 0 Å². The zero-order valence-electron chi connectivity index (χ0n) is 9.08. The molecule has 1 aromatic carbocycles. The third kappa shape index (κ3) is 1.35. The van der Waals surface area contributed by atoms with Crippen LogP contribution in [0, 0.1) is 0 Å². The molecule has 0 bridgehead atoms. The molecule has 14 heavy (non-hydrogen) atoms. The van der Waals surface area contributed by atoms with Gasteiger partial charge in [-0.3, -0.25) is 0 Å². The van der Waals surface area contributed by atoms with E-state index in [1.165, 1.54) is 17.7 Å². The summed E-state index contributed by atoms with van der Waals surface area (Å²) in [5.41, 5.74) is 2.69. The van der Waals surface area contributed by atoms with Gasteiger partial charge >= 0.3 is 0 Å². The lowest BCUT2D eigenvalue weighted by Gasteiger charge is -2.32. The molecule has 0 aliphatic carbocycles. The summed E-state index contributed by atoms with van der Waals surface area (Å²) in [6, 6.07) is 6.32. The fraction of sp³-hybridized carbons (Fsp3) is 0.500. The topological polar surface area (TPSA) is 12.5 Å². The highest BCUT2D eigenvalue weighted by atomic mass is 16.5. The van der Waals surface area contributed by atoms with Crippen molar-refractivity contribution in [2.45, 2.75) is 19.3 Å². The number of anilines is 1. The van der Waals surface area contributed by atoms with E-state index in [4.69, 9.17) is 4.74 Å². The Hall–Kier alpha value is -1.18. The van der Waals surface area contributed by atoms with Gasteiger partial charge in [-0.1, -0.05) is 19.1 Å². The van der Waals surface area contributed by atoms with Gasteiger partial charge in [-0.25, -0.2) is 0 Å². The van der Waals surface area contributed by atoms with E-state index in [1.54, 1.807) is 7.11 Å². The van der Waals surface area contributed by atoms with E-state index in [9.17, 15) is 0 Å². The van der Waals surface area contributed by atoms with Crippen molar-refractivity contribution in [1.82, 2.24) is 0 Å². The molecule has 0 aromatic heterocycles. The SMILES string of the molecule is COc1cccc2c1N(C)CCC2C. The normalized spacial score (nSPS) is 20.5. The monoisotopic (exact) mass is 191 g/mol. The quantitative estimate of drug-likeness (QED) is 0.676. The van der Waals surface area contributed by atoms with Gasteiger partial charge in [0.25, 0.3) is 0 Å². The summed E-state index contributed by atoms with van der Waals surface area (Å²) in [4.78, 5) is 2.29. The maximum absolute atomic E-state index is 5.39. The Balaban J connectivity index is 2.54.